The first-order valence-corrected chi connectivity index (χ1v) is 11.9. The second-order valence-electron chi connectivity index (χ2n) is 7.95. The lowest BCUT2D eigenvalue weighted by Gasteiger charge is -2.24. The zero-order valence-electron chi connectivity index (χ0n) is 19.5. The van der Waals surface area contributed by atoms with E-state index in [9.17, 15) is 19.5 Å². The van der Waals surface area contributed by atoms with E-state index in [0.717, 1.165) is 28.9 Å². The number of nitrogens with zero attached hydrogens (tertiary/aromatic N) is 2. The first-order valence-electron chi connectivity index (χ1n) is 11.0. The summed E-state index contributed by atoms with van der Waals surface area (Å²) in [5.74, 6) is -2.45. The number of aliphatic hydroxyl groups is 1. The van der Waals surface area contributed by atoms with Gasteiger partial charge in [0.2, 0.25) is 0 Å². The number of ketones is 1. The Hall–Kier alpha value is -4.04. The molecule has 1 amide bonds. The van der Waals surface area contributed by atoms with E-state index in [1.165, 1.54) is 18.1 Å². The second kappa shape index (κ2) is 10.1. The highest BCUT2D eigenvalue weighted by Gasteiger charge is 2.45. The molecule has 0 spiro atoms. The van der Waals surface area contributed by atoms with Crippen LogP contribution in [0.3, 0.4) is 0 Å². The standard InChI is InChI=1S/C27H24N2O5S/c1-4-17-10-13-19(14-11-17)22-21(20(30)15-12-18-8-6-5-7-9-18)23(31)25(32)29(22)27-28-16(2)24(35-27)26(33)34-3/h5-15,22,31H,4H2,1-3H3/b15-12+. The number of anilines is 1. The minimum Gasteiger partial charge on any atom is -0.503 e. The van der Waals surface area contributed by atoms with Crippen LogP contribution in [0, 0.1) is 6.92 Å². The fourth-order valence-electron chi connectivity index (χ4n) is 3.90. The van der Waals surface area contributed by atoms with Gasteiger partial charge in [0.25, 0.3) is 5.91 Å². The Morgan fingerprint density at radius 3 is 2.46 bits per heavy atom. The van der Waals surface area contributed by atoms with Crippen molar-refractivity contribution in [3.05, 3.63) is 99.3 Å². The van der Waals surface area contributed by atoms with Gasteiger partial charge in [-0.1, -0.05) is 78.9 Å². The number of amides is 1. The Kier molecular flexibility index (Phi) is 6.93. The molecule has 0 radical (unpaired) electrons. The van der Waals surface area contributed by atoms with Gasteiger partial charge >= 0.3 is 5.97 Å². The second-order valence-corrected chi connectivity index (χ2v) is 8.92. The summed E-state index contributed by atoms with van der Waals surface area (Å²) in [5, 5.41) is 11.0. The summed E-state index contributed by atoms with van der Waals surface area (Å²) >= 11 is 0.978. The number of allylic oxidation sites excluding steroid dienone is 1. The molecule has 1 atom stereocenters. The first kappa shape index (κ1) is 24.1. The van der Waals surface area contributed by atoms with Gasteiger partial charge in [-0.2, -0.15) is 0 Å². The van der Waals surface area contributed by atoms with E-state index in [1.807, 2.05) is 61.5 Å². The lowest BCUT2D eigenvalue weighted by molar-refractivity contribution is -0.117. The van der Waals surface area contributed by atoms with Crippen molar-refractivity contribution in [1.29, 1.82) is 0 Å². The summed E-state index contributed by atoms with van der Waals surface area (Å²) in [6.07, 6.45) is 3.81. The number of ether oxygens (including phenoxy) is 1. The molecule has 8 heteroatoms. The van der Waals surface area contributed by atoms with E-state index >= 15 is 0 Å². The maximum Gasteiger partial charge on any atom is 0.350 e. The van der Waals surface area contributed by atoms with Crippen LogP contribution in [0.15, 0.2) is 72.0 Å². The van der Waals surface area contributed by atoms with E-state index in [0.29, 0.717) is 11.3 Å². The lowest BCUT2D eigenvalue weighted by Crippen LogP contribution is -2.30. The fraction of sp³-hybridized carbons (Fsp3) is 0.185. The summed E-state index contributed by atoms with van der Waals surface area (Å²) in [6, 6.07) is 15.9. The number of methoxy groups -OCH3 is 1. The summed E-state index contributed by atoms with van der Waals surface area (Å²) in [6.45, 7) is 3.67. The van der Waals surface area contributed by atoms with Crippen LogP contribution < -0.4 is 4.90 Å². The molecule has 2 aromatic carbocycles. The van der Waals surface area contributed by atoms with Crippen molar-refractivity contribution in [2.24, 2.45) is 0 Å². The Bertz CT molecular complexity index is 1340. The van der Waals surface area contributed by atoms with Crippen LogP contribution in [-0.4, -0.2) is 34.9 Å². The third-order valence-corrected chi connectivity index (χ3v) is 6.90. The molecule has 1 aliphatic heterocycles. The highest BCUT2D eigenvalue weighted by atomic mass is 32.1. The van der Waals surface area contributed by atoms with Crippen molar-refractivity contribution >= 4 is 40.2 Å². The van der Waals surface area contributed by atoms with Crippen molar-refractivity contribution in [2.45, 2.75) is 26.3 Å². The Balaban J connectivity index is 1.80. The smallest absolute Gasteiger partial charge is 0.350 e. The molecule has 35 heavy (non-hydrogen) atoms. The van der Waals surface area contributed by atoms with Crippen molar-refractivity contribution in [1.82, 2.24) is 4.98 Å². The molecule has 1 N–H and O–H groups in total. The molecule has 0 bridgehead atoms. The number of benzene rings is 2. The highest BCUT2D eigenvalue weighted by Crippen LogP contribution is 2.43. The van der Waals surface area contributed by atoms with Crippen LogP contribution >= 0.6 is 11.3 Å². The van der Waals surface area contributed by atoms with Crippen LogP contribution in [0.4, 0.5) is 5.13 Å². The molecule has 1 unspecified atom stereocenters. The largest absolute Gasteiger partial charge is 0.503 e. The number of aliphatic hydroxyl groups excluding tert-OH is 1. The molecule has 3 aromatic rings. The van der Waals surface area contributed by atoms with Crippen LogP contribution in [0.2, 0.25) is 0 Å². The minimum atomic E-state index is -0.905. The number of hydrogen-bond donors (Lipinski definition) is 1. The average Bonchev–Trinajstić information content (AvgIpc) is 3.39. The van der Waals surface area contributed by atoms with Gasteiger partial charge in [-0.3, -0.25) is 14.5 Å². The first-order chi connectivity index (χ1) is 16.8. The lowest BCUT2D eigenvalue weighted by atomic mass is 9.94. The summed E-state index contributed by atoms with van der Waals surface area (Å²) in [7, 11) is 1.27. The number of thiazole rings is 1. The maximum atomic E-state index is 13.3. The van der Waals surface area contributed by atoms with Gasteiger partial charge in [0.15, 0.2) is 16.7 Å². The van der Waals surface area contributed by atoms with E-state index in [1.54, 1.807) is 13.0 Å². The fourth-order valence-corrected chi connectivity index (χ4v) is 4.91. The van der Waals surface area contributed by atoms with Gasteiger partial charge in [-0.15, -0.1) is 0 Å². The van der Waals surface area contributed by atoms with Crippen molar-refractivity contribution in [3.8, 4) is 0 Å². The molecular weight excluding hydrogens is 464 g/mol. The Labute approximate surface area is 207 Å². The third kappa shape index (κ3) is 4.65. The molecule has 1 aromatic heterocycles. The van der Waals surface area contributed by atoms with Crippen molar-refractivity contribution in [3.63, 3.8) is 0 Å². The summed E-state index contributed by atoms with van der Waals surface area (Å²) in [5.41, 5.74) is 2.90. The zero-order chi connectivity index (χ0) is 25.1. The van der Waals surface area contributed by atoms with Gasteiger partial charge in [-0.05, 0) is 36.1 Å². The van der Waals surface area contributed by atoms with Crippen molar-refractivity contribution < 1.29 is 24.2 Å². The zero-order valence-corrected chi connectivity index (χ0v) is 20.3. The van der Waals surface area contributed by atoms with Crippen LogP contribution in [0.25, 0.3) is 6.08 Å². The number of esters is 1. The van der Waals surface area contributed by atoms with Crippen LogP contribution in [-0.2, 0) is 20.7 Å². The Morgan fingerprint density at radius 1 is 1.14 bits per heavy atom. The van der Waals surface area contributed by atoms with Crippen LogP contribution in [0.1, 0.15) is 45.0 Å². The summed E-state index contributed by atoms with van der Waals surface area (Å²) in [4.78, 5) is 44.6. The monoisotopic (exact) mass is 488 g/mol. The molecule has 0 saturated carbocycles. The molecule has 0 fully saturated rings. The number of aromatic nitrogens is 1. The Morgan fingerprint density at radius 2 is 1.83 bits per heavy atom. The topological polar surface area (TPSA) is 96.8 Å². The van der Waals surface area contributed by atoms with E-state index < -0.39 is 29.5 Å². The van der Waals surface area contributed by atoms with E-state index in [4.69, 9.17) is 4.74 Å². The maximum absolute atomic E-state index is 13.3. The molecule has 0 aliphatic carbocycles. The molecule has 7 nitrogen and oxygen atoms in total. The number of carbonyl (C=O) groups excluding carboxylic acids is 3. The summed E-state index contributed by atoms with van der Waals surface area (Å²) < 4.78 is 4.82. The molecule has 1 aliphatic rings. The quantitative estimate of drug-likeness (QED) is 0.372. The average molecular weight is 489 g/mol. The number of rotatable bonds is 7. The number of aryl methyl sites for hydroxylation is 2. The van der Waals surface area contributed by atoms with Gasteiger partial charge in [0, 0.05) is 0 Å². The number of hydrogen-bond acceptors (Lipinski definition) is 7. The van der Waals surface area contributed by atoms with Gasteiger partial charge in [0.1, 0.15) is 4.88 Å². The number of carbonyl (C=O) groups is 3. The molecule has 0 saturated heterocycles. The predicted octanol–water partition coefficient (Wildman–Crippen LogP) is 4.98. The molecular formula is C27H24N2O5S. The van der Waals surface area contributed by atoms with Gasteiger partial charge in [0.05, 0.1) is 24.4 Å². The third-order valence-electron chi connectivity index (χ3n) is 5.77. The van der Waals surface area contributed by atoms with E-state index in [2.05, 4.69) is 4.98 Å². The molecule has 4 rings (SSSR count). The predicted molar refractivity (Wildman–Crippen MR) is 134 cm³/mol. The normalized spacial score (nSPS) is 15.8. The molecule has 178 valence electrons. The van der Waals surface area contributed by atoms with Crippen molar-refractivity contribution in [2.75, 3.05) is 12.0 Å². The van der Waals surface area contributed by atoms with Gasteiger partial charge < -0.3 is 9.84 Å². The minimum absolute atomic E-state index is 0.0427. The van der Waals surface area contributed by atoms with Crippen LogP contribution in [0.5, 0.6) is 0 Å². The van der Waals surface area contributed by atoms with E-state index in [-0.39, 0.29) is 15.6 Å². The van der Waals surface area contributed by atoms with Gasteiger partial charge in [-0.25, -0.2) is 9.78 Å². The molecule has 2 heterocycles. The highest BCUT2D eigenvalue weighted by molar-refractivity contribution is 7.17. The SMILES string of the molecule is CCc1ccc(C2C(C(=O)/C=C/c3ccccc3)=C(O)C(=O)N2c2nc(C)c(C(=O)OC)s2)cc1.